The fourth-order valence-electron chi connectivity index (χ4n) is 1.83. The summed E-state index contributed by atoms with van der Waals surface area (Å²) in [6.07, 6.45) is 1.15. The Balaban J connectivity index is 2.82. The summed E-state index contributed by atoms with van der Waals surface area (Å²) < 4.78 is 0. The standard InChI is InChI=1S/C13H21N3/c1-3-9-16(4-2)10-11-7-5-6-8-12(11)13(14)15/h5-8H,3-4,9-10H2,1-2H3,(H3,14,15). The number of hydrogen-bond acceptors (Lipinski definition) is 2. The number of benzene rings is 1. The van der Waals surface area contributed by atoms with Crippen LogP contribution in [0.4, 0.5) is 0 Å². The molecule has 0 unspecified atom stereocenters. The van der Waals surface area contributed by atoms with E-state index in [2.05, 4.69) is 24.8 Å². The molecule has 1 rings (SSSR count). The average molecular weight is 219 g/mol. The third-order valence-corrected chi connectivity index (χ3v) is 2.69. The molecular weight excluding hydrogens is 198 g/mol. The van der Waals surface area contributed by atoms with Gasteiger partial charge >= 0.3 is 0 Å². The van der Waals surface area contributed by atoms with Crippen LogP contribution in [0, 0.1) is 5.41 Å². The second-order valence-electron chi connectivity index (χ2n) is 3.94. The molecule has 0 saturated carbocycles. The van der Waals surface area contributed by atoms with Crippen LogP contribution in [0.5, 0.6) is 0 Å². The van der Waals surface area contributed by atoms with Crippen molar-refractivity contribution < 1.29 is 0 Å². The number of hydrogen-bond donors (Lipinski definition) is 2. The molecule has 0 saturated heterocycles. The summed E-state index contributed by atoms with van der Waals surface area (Å²) in [5.74, 6) is 0.156. The lowest BCUT2D eigenvalue weighted by atomic mass is 10.1. The summed E-state index contributed by atoms with van der Waals surface area (Å²) in [6.45, 7) is 7.33. The van der Waals surface area contributed by atoms with Gasteiger partial charge in [-0.05, 0) is 25.1 Å². The lowest BCUT2D eigenvalue weighted by molar-refractivity contribution is 0.280. The molecule has 0 aromatic heterocycles. The molecule has 0 aliphatic rings. The maximum atomic E-state index is 7.54. The largest absolute Gasteiger partial charge is 0.384 e. The molecule has 0 amide bonds. The van der Waals surface area contributed by atoms with Crippen LogP contribution in [0.3, 0.4) is 0 Å². The number of amidine groups is 1. The number of nitrogen functional groups attached to an aromatic ring is 1. The smallest absolute Gasteiger partial charge is 0.123 e. The highest BCUT2D eigenvalue weighted by Gasteiger charge is 2.08. The van der Waals surface area contributed by atoms with E-state index in [4.69, 9.17) is 11.1 Å². The van der Waals surface area contributed by atoms with Crippen LogP contribution in [0.15, 0.2) is 24.3 Å². The van der Waals surface area contributed by atoms with Crippen molar-refractivity contribution in [2.75, 3.05) is 13.1 Å². The van der Waals surface area contributed by atoms with Crippen LogP contribution in [0.2, 0.25) is 0 Å². The van der Waals surface area contributed by atoms with Gasteiger partial charge in [0, 0.05) is 12.1 Å². The summed E-state index contributed by atoms with van der Waals surface area (Å²) in [5, 5.41) is 7.54. The van der Waals surface area contributed by atoms with Crippen molar-refractivity contribution in [1.82, 2.24) is 4.90 Å². The first-order valence-electron chi connectivity index (χ1n) is 5.83. The minimum Gasteiger partial charge on any atom is -0.384 e. The minimum absolute atomic E-state index is 0.156. The molecule has 88 valence electrons. The van der Waals surface area contributed by atoms with E-state index in [0.29, 0.717) is 0 Å². The molecule has 0 heterocycles. The monoisotopic (exact) mass is 219 g/mol. The highest BCUT2D eigenvalue weighted by atomic mass is 15.1. The van der Waals surface area contributed by atoms with Crippen LogP contribution in [0.1, 0.15) is 31.4 Å². The molecular formula is C13H21N3. The van der Waals surface area contributed by atoms with Crippen LogP contribution >= 0.6 is 0 Å². The van der Waals surface area contributed by atoms with Gasteiger partial charge < -0.3 is 5.73 Å². The fourth-order valence-corrected chi connectivity index (χ4v) is 1.83. The van der Waals surface area contributed by atoms with Crippen molar-refractivity contribution in [2.24, 2.45) is 5.73 Å². The molecule has 0 atom stereocenters. The zero-order valence-corrected chi connectivity index (χ0v) is 10.2. The van der Waals surface area contributed by atoms with Gasteiger partial charge in [-0.25, -0.2) is 0 Å². The molecule has 3 heteroatoms. The Morgan fingerprint density at radius 1 is 1.31 bits per heavy atom. The van der Waals surface area contributed by atoms with Crippen molar-refractivity contribution in [3.63, 3.8) is 0 Å². The fraction of sp³-hybridized carbons (Fsp3) is 0.462. The van der Waals surface area contributed by atoms with Crippen molar-refractivity contribution in [1.29, 1.82) is 5.41 Å². The lowest BCUT2D eigenvalue weighted by Gasteiger charge is -2.21. The Bertz CT molecular complexity index is 347. The molecule has 16 heavy (non-hydrogen) atoms. The molecule has 0 radical (unpaired) electrons. The van der Waals surface area contributed by atoms with Gasteiger partial charge in [0.25, 0.3) is 0 Å². The van der Waals surface area contributed by atoms with Crippen molar-refractivity contribution in [3.8, 4) is 0 Å². The third kappa shape index (κ3) is 3.35. The molecule has 1 aromatic carbocycles. The van der Waals surface area contributed by atoms with E-state index in [1.54, 1.807) is 0 Å². The Morgan fingerprint density at radius 2 is 2.00 bits per heavy atom. The van der Waals surface area contributed by atoms with Crippen molar-refractivity contribution >= 4 is 5.84 Å². The Kier molecular flexibility index (Phi) is 4.99. The maximum Gasteiger partial charge on any atom is 0.123 e. The van der Waals surface area contributed by atoms with Gasteiger partial charge in [-0.2, -0.15) is 0 Å². The van der Waals surface area contributed by atoms with Gasteiger partial charge in [-0.1, -0.05) is 38.1 Å². The van der Waals surface area contributed by atoms with Crippen LogP contribution < -0.4 is 5.73 Å². The highest BCUT2D eigenvalue weighted by Crippen LogP contribution is 2.11. The van der Waals surface area contributed by atoms with Gasteiger partial charge in [0.05, 0.1) is 0 Å². The maximum absolute atomic E-state index is 7.54. The third-order valence-electron chi connectivity index (χ3n) is 2.69. The summed E-state index contributed by atoms with van der Waals surface area (Å²) in [5.41, 5.74) is 7.57. The van der Waals surface area contributed by atoms with E-state index in [-0.39, 0.29) is 5.84 Å². The van der Waals surface area contributed by atoms with Crippen molar-refractivity contribution in [3.05, 3.63) is 35.4 Å². The predicted molar refractivity (Wildman–Crippen MR) is 68.7 cm³/mol. The van der Waals surface area contributed by atoms with Crippen molar-refractivity contribution in [2.45, 2.75) is 26.8 Å². The summed E-state index contributed by atoms with van der Waals surface area (Å²) >= 11 is 0. The SMILES string of the molecule is CCCN(CC)Cc1ccccc1C(=N)N. The zero-order valence-electron chi connectivity index (χ0n) is 10.2. The van der Waals surface area contributed by atoms with E-state index in [9.17, 15) is 0 Å². The topological polar surface area (TPSA) is 53.1 Å². The second-order valence-corrected chi connectivity index (χ2v) is 3.94. The Labute approximate surface area is 97.8 Å². The van der Waals surface area contributed by atoms with Gasteiger partial charge in [0.15, 0.2) is 0 Å². The first-order chi connectivity index (χ1) is 7.69. The van der Waals surface area contributed by atoms with E-state index in [1.807, 2.05) is 18.2 Å². The molecule has 0 bridgehead atoms. The lowest BCUT2D eigenvalue weighted by Crippen LogP contribution is -2.25. The van der Waals surface area contributed by atoms with Gasteiger partial charge in [-0.3, -0.25) is 10.3 Å². The zero-order chi connectivity index (χ0) is 12.0. The van der Waals surface area contributed by atoms with E-state index in [0.717, 1.165) is 37.2 Å². The van der Waals surface area contributed by atoms with E-state index < -0.39 is 0 Å². The summed E-state index contributed by atoms with van der Waals surface area (Å²) in [7, 11) is 0. The van der Waals surface area contributed by atoms with Crippen LogP contribution in [-0.4, -0.2) is 23.8 Å². The first kappa shape index (κ1) is 12.7. The number of rotatable bonds is 6. The van der Waals surface area contributed by atoms with Gasteiger partial charge in [0.1, 0.15) is 5.84 Å². The van der Waals surface area contributed by atoms with E-state index in [1.165, 1.54) is 0 Å². The van der Waals surface area contributed by atoms with E-state index >= 15 is 0 Å². The predicted octanol–water partition coefficient (Wildman–Crippen LogP) is 2.20. The molecule has 0 aliphatic carbocycles. The quantitative estimate of drug-likeness (QED) is 0.569. The highest BCUT2D eigenvalue weighted by molar-refractivity contribution is 5.96. The summed E-state index contributed by atoms with van der Waals surface area (Å²) in [4.78, 5) is 2.36. The number of nitrogens with zero attached hydrogens (tertiary/aromatic N) is 1. The van der Waals surface area contributed by atoms with Gasteiger partial charge in [0.2, 0.25) is 0 Å². The van der Waals surface area contributed by atoms with Crippen LogP contribution in [-0.2, 0) is 6.54 Å². The normalized spacial score (nSPS) is 10.7. The second kappa shape index (κ2) is 6.28. The minimum atomic E-state index is 0.156. The average Bonchev–Trinajstić information content (AvgIpc) is 2.29. The molecule has 0 fully saturated rings. The molecule has 0 spiro atoms. The van der Waals surface area contributed by atoms with Gasteiger partial charge in [-0.15, -0.1) is 0 Å². The summed E-state index contributed by atoms with van der Waals surface area (Å²) in [6, 6.07) is 7.89. The van der Waals surface area contributed by atoms with Crippen LogP contribution in [0.25, 0.3) is 0 Å². The Hall–Kier alpha value is -1.35. The molecule has 1 aromatic rings. The molecule has 3 N–H and O–H groups in total. The first-order valence-corrected chi connectivity index (χ1v) is 5.83. The molecule has 3 nitrogen and oxygen atoms in total. The Morgan fingerprint density at radius 3 is 2.56 bits per heavy atom. The number of nitrogens with one attached hydrogen (secondary N) is 1. The number of nitrogens with two attached hydrogens (primary N) is 1. The molecule has 0 aliphatic heterocycles.